The van der Waals surface area contributed by atoms with Crippen LogP contribution in [0.15, 0.2) is 42.7 Å². The van der Waals surface area contributed by atoms with Crippen molar-refractivity contribution in [3.63, 3.8) is 0 Å². The van der Waals surface area contributed by atoms with Crippen LogP contribution in [0.3, 0.4) is 0 Å². The van der Waals surface area contributed by atoms with Crippen molar-refractivity contribution in [1.82, 2.24) is 9.88 Å². The lowest BCUT2D eigenvalue weighted by Crippen LogP contribution is -2.37. The Morgan fingerprint density at radius 3 is 2.76 bits per heavy atom. The van der Waals surface area contributed by atoms with Crippen LogP contribution in [0.2, 0.25) is 0 Å². The number of hydrogen-bond acceptors (Lipinski definition) is 5. The quantitative estimate of drug-likeness (QED) is 0.916. The van der Waals surface area contributed by atoms with E-state index >= 15 is 0 Å². The molecule has 0 unspecified atom stereocenters. The van der Waals surface area contributed by atoms with Gasteiger partial charge in [-0.1, -0.05) is 0 Å². The molecule has 4 rings (SSSR count). The summed E-state index contributed by atoms with van der Waals surface area (Å²) in [5.41, 5.74) is 1.38. The first-order valence-corrected chi connectivity index (χ1v) is 7.87. The third-order valence-corrected chi connectivity index (χ3v) is 4.06. The second-order valence-corrected chi connectivity index (χ2v) is 5.68. The topological polar surface area (TPSA) is 84.0 Å². The van der Waals surface area contributed by atoms with Gasteiger partial charge in [0.1, 0.15) is 6.54 Å². The van der Waals surface area contributed by atoms with E-state index in [1.165, 1.54) is 4.90 Å². The van der Waals surface area contributed by atoms with Crippen molar-refractivity contribution >= 4 is 23.3 Å². The second kappa shape index (κ2) is 6.31. The highest BCUT2D eigenvalue weighted by Gasteiger charge is 2.31. The average Bonchev–Trinajstić information content (AvgIpc) is 3.22. The van der Waals surface area contributed by atoms with E-state index in [0.29, 0.717) is 30.3 Å². The van der Waals surface area contributed by atoms with Crippen LogP contribution < -0.4 is 19.7 Å². The van der Waals surface area contributed by atoms with Gasteiger partial charge in [-0.15, -0.1) is 0 Å². The van der Waals surface area contributed by atoms with Crippen molar-refractivity contribution in [3.8, 4) is 11.5 Å². The first-order chi connectivity index (χ1) is 12.2. The maximum absolute atomic E-state index is 12.6. The van der Waals surface area contributed by atoms with Gasteiger partial charge >= 0.3 is 6.03 Å². The zero-order chi connectivity index (χ0) is 17.2. The van der Waals surface area contributed by atoms with Gasteiger partial charge in [-0.3, -0.25) is 14.7 Å². The Bertz CT molecular complexity index is 812. The molecule has 2 aliphatic rings. The summed E-state index contributed by atoms with van der Waals surface area (Å²) in [5.74, 6) is 1.05. The number of aromatic nitrogens is 1. The Morgan fingerprint density at radius 1 is 1.12 bits per heavy atom. The van der Waals surface area contributed by atoms with E-state index in [1.807, 2.05) is 6.07 Å². The molecule has 1 aromatic carbocycles. The minimum atomic E-state index is -0.243. The van der Waals surface area contributed by atoms with Gasteiger partial charge in [0.15, 0.2) is 11.5 Å². The van der Waals surface area contributed by atoms with Crippen LogP contribution in [0, 0.1) is 0 Å². The molecule has 1 fully saturated rings. The fraction of sp³-hybridized carbons (Fsp3) is 0.235. The molecule has 8 nitrogen and oxygen atoms in total. The molecule has 3 heterocycles. The second-order valence-electron chi connectivity index (χ2n) is 5.68. The Labute approximate surface area is 144 Å². The Morgan fingerprint density at radius 2 is 1.92 bits per heavy atom. The molecule has 8 heteroatoms. The van der Waals surface area contributed by atoms with Crippen LogP contribution in [0.5, 0.6) is 11.5 Å². The summed E-state index contributed by atoms with van der Waals surface area (Å²) in [5, 5.41) is 2.75. The number of anilines is 2. The zero-order valence-corrected chi connectivity index (χ0v) is 13.3. The number of amides is 3. The van der Waals surface area contributed by atoms with E-state index in [2.05, 4.69) is 10.3 Å². The van der Waals surface area contributed by atoms with Crippen molar-refractivity contribution in [2.45, 2.75) is 0 Å². The van der Waals surface area contributed by atoms with Crippen LogP contribution in [0.25, 0.3) is 0 Å². The molecule has 0 spiro atoms. The molecular weight excluding hydrogens is 324 g/mol. The normalized spacial score (nSPS) is 15.6. The smallest absolute Gasteiger partial charge is 0.325 e. The van der Waals surface area contributed by atoms with Gasteiger partial charge in [0.25, 0.3) is 0 Å². The van der Waals surface area contributed by atoms with Crippen molar-refractivity contribution < 1.29 is 19.1 Å². The number of benzene rings is 1. The van der Waals surface area contributed by atoms with E-state index in [1.54, 1.807) is 41.6 Å². The van der Waals surface area contributed by atoms with Gasteiger partial charge in [-0.05, 0) is 24.3 Å². The number of pyridine rings is 1. The molecule has 3 amide bonds. The minimum absolute atomic E-state index is 0.00219. The van der Waals surface area contributed by atoms with Crippen LogP contribution in [0.4, 0.5) is 16.2 Å². The van der Waals surface area contributed by atoms with Gasteiger partial charge in [-0.25, -0.2) is 4.79 Å². The maximum atomic E-state index is 12.6. The minimum Gasteiger partial charge on any atom is -0.454 e. The molecule has 25 heavy (non-hydrogen) atoms. The number of nitrogens with zero attached hydrogens (tertiary/aromatic N) is 3. The van der Waals surface area contributed by atoms with Crippen LogP contribution in [-0.4, -0.2) is 48.2 Å². The van der Waals surface area contributed by atoms with Gasteiger partial charge in [0.2, 0.25) is 12.7 Å². The molecule has 0 bridgehead atoms. The summed E-state index contributed by atoms with van der Waals surface area (Å²) in [4.78, 5) is 31.8. The zero-order valence-electron chi connectivity index (χ0n) is 13.3. The molecule has 1 saturated heterocycles. The first-order valence-electron chi connectivity index (χ1n) is 7.87. The van der Waals surface area contributed by atoms with E-state index in [-0.39, 0.29) is 25.3 Å². The van der Waals surface area contributed by atoms with E-state index < -0.39 is 0 Å². The first kappa shape index (κ1) is 15.3. The highest BCUT2D eigenvalue weighted by molar-refractivity contribution is 5.99. The fourth-order valence-electron chi connectivity index (χ4n) is 2.83. The monoisotopic (exact) mass is 340 g/mol. The van der Waals surface area contributed by atoms with Crippen molar-refractivity contribution in [2.24, 2.45) is 0 Å². The molecular formula is C17H16N4O4. The Hall–Kier alpha value is -3.29. The highest BCUT2D eigenvalue weighted by atomic mass is 16.7. The summed E-state index contributed by atoms with van der Waals surface area (Å²) in [6.07, 6.45) is 3.19. The number of rotatable bonds is 4. The lowest BCUT2D eigenvalue weighted by atomic mass is 10.2. The van der Waals surface area contributed by atoms with Crippen molar-refractivity contribution in [3.05, 3.63) is 42.7 Å². The van der Waals surface area contributed by atoms with Gasteiger partial charge in [0.05, 0.1) is 0 Å². The standard InChI is InChI=1S/C17H16N4O4/c22-16(19-12-3-5-18-6-4-12)10-20-7-8-21(17(20)23)13-1-2-14-15(9-13)25-11-24-14/h1-6,9H,7-8,10-11H2,(H,18,19,22). The molecule has 2 aliphatic heterocycles. The summed E-state index contributed by atoms with van der Waals surface area (Å²) in [7, 11) is 0. The number of fused-ring (bicyclic) bond motifs is 1. The van der Waals surface area contributed by atoms with Crippen molar-refractivity contribution in [2.75, 3.05) is 36.6 Å². The molecule has 0 aliphatic carbocycles. The molecule has 2 aromatic rings. The number of nitrogens with one attached hydrogen (secondary N) is 1. The number of urea groups is 1. The summed E-state index contributed by atoms with van der Waals surface area (Å²) >= 11 is 0. The van der Waals surface area contributed by atoms with Crippen LogP contribution in [-0.2, 0) is 4.79 Å². The van der Waals surface area contributed by atoms with Gasteiger partial charge in [-0.2, -0.15) is 0 Å². The molecule has 0 radical (unpaired) electrons. The number of hydrogen-bond donors (Lipinski definition) is 1. The maximum Gasteiger partial charge on any atom is 0.325 e. The predicted octanol–water partition coefficient (Wildman–Crippen LogP) is 1.69. The molecule has 0 saturated carbocycles. The van der Waals surface area contributed by atoms with E-state index in [9.17, 15) is 9.59 Å². The molecule has 1 aromatic heterocycles. The molecule has 128 valence electrons. The highest BCUT2D eigenvalue weighted by Crippen LogP contribution is 2.36. The van der Waals surface area contributed by atoms with E-state index in [4.69, 9.17) is 9.47 Å². The Kier molecular flexibility index (Phi) is 3.85. The lowest BCUT2D eigenvalue weighted by molar-refractivity contribution is -0.116. The summed E-state index contributed by atoms with van der Waals surface area (Å²) < 4.78 is 10.6. The van der Waals surface area contributed by atoms with Crippen LogP contribution in [0.1, 0.15) is 0 Å². The van der Waals surface area contributed by atoms with Gasteiger partial charge < -0.3 is 19.7 Å². The third-order valence-electron chi connectivity index (χ3n) is 4.06. The summed E-state index contributed by atoms with van der Waals surface area (Å²) in [6.45, 7) is 1.19. The molecule has 0 atom stereocenters. The number of ether oxygens (including phenoxy) is 2. The van der Waals surface area contributed by atoms with Gasteiger partial charge in [0, 0.05) is 42.9 Å². The third kappa shape index (κ3) is 3.06. The lowest BCUT2D eigenvalue weighted by Gasteiger charge is -2.18. The predicted molar refractivity (Wildman–Crippen MR) is 89.7 cm³/mol. The van der Waals surface area contributed by atoms with Crippen LogP contribution >= 0.6 is 0 Å². The largest absolute Gasteiger partial charge is 0.454 e. The molecule has 1 N–H and O–H groups in total. The fourth-order valence-corrected chi connectivity index (χ4v) is 2.83. The Balaban J connectivity index is 1.40. The number of carbonyl (C=O) groups excluding carboxylic acids is 2. The van der Waals surface area contributed by atoms with Crippen molar-refractivity contribution in [1.29, 1.82) is 0 Å². The SMILES string of the molecule is O=C(CN1CCN(c2ccc3c(c2)OCO3)C1=O)Nc1ccncc1. The summed E-state index contributed by atoms with van der Waals surface area (Å²) in [6, 6.07) is 8.56. The average molecular weight is 340 g/mol. The number of carbonyl (C=O) groups is 2. The van der Waals surface area contributed by atoms with E-state index in [0.717, 1.165) is 5.69 Å².